The SMILES string of the molecule is CCCCCC(CCCCC)CCOC(=O)CCCCCCCCCC(CCCCCCCCCC(=O)OCCC(CCCCC)CC(CCC)C(CCCC)C(CCCCC)CC(=O)OCCCCCCCCCCC(CCCCCCCCCCOC(=O)CC(CCCCC)CCCCC)CN(C)C)NC(=O)CN(C)C. The van der Waals surface area contributed by atoms with Crippen LogP contribution in [0.2, 0.25) is 0 Å². The van der Waals surface area contributed by atoms with Gasteiger partial charge in [-0.25, -0.2) is 0 Å². The molecule has 0 saturated heterocycles. The molecule has 0 heterocycles. The smallest absolute Gasteiger partial charge is 0.306 e. The van der Waals surface area contributed by atoms with Crippen molar-refractivity contribution < 1.29 is 42.9 Å². The largest absolute Gasteiger partial charge is 0.466 e. The first-order chi connectivity index (χ1) is 55.1. The molecule has 1 N–H and O–H groups in total. The summed E-state index contributed by atoms with van der Waals surface area (Å²) >= 11 is 0. The second-order valence-corrected chi connectivity index (χ2v) is 36.7. The summed E-state index contributed by atoms with van der Waals surface area (Å²) in [4.78, 5) is 69.4. The molecule has 0 fully saturated rings. The fourth-order valence-corrected chi connectivity index (χ4v) is 18.0. The van der Waals surface area contributed by atoms with Gasteiger partial charge in [0.05, 0.1) is 33.0 Å². The van der Waals surface area contributed by atoms with Crippen molar-refractivity contribution in [3.63, 3.8) is 0 Å². The van der Waals surface area contributed by atoms with Crippen LogP contribution in [-0.2, 0) is 42.9 Å². The van der Waals surface area contributed by atoms with Crippen LogP contribution in [0.25, 0.3) is 0 Å². The summed E-state index contributed by atoms with van der Waals surface area (Å²) in [6.45, 7) is 22.2. The van der Waals surface area contributed by atoms with Crippen LogP contribution in [-0.4, -0.2) is 113 Å². The van der Waals surface area contributed by atoms with E-state index < -0.39 is 0 Å². The Hall–Kier alpha value is -2.73. The topological polar surface area (TPSA) is 141 Å². The molecular formula is C101H197N3O9. The van der Waals surface area contributed by atoms with Gasteiger partial charge in [0.15, 0.2) is 0 Å². The minimum absolute atomic E-state index is 0.0176. The van der Waals surface area contributed by atoms with Gasteiger partial charge in [0.2, 0.25) is 5.91 Å². The molecule has 0 aliphatic rings. The summed E-state index contributed by atoms with van der Waals surface area (Å²) in [5, 5.41) is 3.37. The lowest BCUT2D eigenvalue weighted by molar-refractivity contribution is -0.146. The number of ether oxygens (including phenoxy) is 4. The second kappa shape index (κ2) is 84.3. The van der Waals surface area contributed by atoms with Gasteiger partial charge in [-0.1, -0.05) is 383 Å². The molecule has 113 heavy (non-hydrogen) atoms. The van der Waals surface area contributed by atoms with E-state index in [9.17, 15) is 24.0 Å². The quantitative estimate of drug-likeness (QED) is 0.0353. The highest BCUT2D eigenvalue weighted by molar-refractivity contribution is 5.78. The molecule has 6 atom stereocenters. The van der Waals surface area contributed by atoms with E-state index in [1.54, 1.807) is 0 Å². The van der Waals surface area contributed by atoms with Gasteiger partial charge in [-0.3, -0.25) is 24.0 Å². The molecule has 0 aromatic carbocycles. The third kappa shape index (κ3) is 74.1. The Bertz CT molecular complexity index is 2030. The van der Waals surface area contributed by atoms with Gasteiger partial charge in [-0.2, -0.15) is 0 Å². The molecule has 1 amide bonds. The van der Waals surface area contributed by atoms with Crippen LogP contribution in [0.15, 0.2) is 0 Å². The summed E-state index contributed by atoms with van der Waals surface area (Å²) in [5.41, 5.74) is 0. The summed E-state index contributed by atoms with van der Waals surface area (Å²) in [6.07, 6.45) is 81.3. The fourth-order valence-electron chi connectivity index (χ4n) is 18.0. The highest BCUT2D eigenvalue weighted by atomic mass is 16.5. The Kier molecular flexibility index (Phi) is 82.3. The molecule has 0 aromatic heterocycles. The number of hydrogen-bond acceptors (Lipinski definition) is 11. The van der Waals surface area contributed by atoms with E-state index in [0.717, 1.165) is 115 Å². The Labute approximate surface area is 704 Å². The lowest BCUT2D eigenvalue weighted by Gasteiger charge is -2.36. The maximum Gasteiger partial charge on any atom is 0.306 e. The van der Waals surface area contributed by atoms with Crippen molar-refractivity contribution in [2.24, 2.45) is 41.4 Å². The van der Waals surface area contributed by atoms with Crippen molar-refractivity contribution in [3.8, 4) is 0 Å². The van der Waals surface area contributed by atoms with Crippen LogP contribution in [0, 0.1) is 41.4 Å². The molecule has 6 unspecified atom stereocenters. The summed E-state index contributed by atoms with van der Waals surface area (Å²) < 4.78 is 23.5. The Morgan fingerprint density at radius 1 is 0.257 bits per heavy atom. The molecular weight excluding hydrogens is 1400 g/mol. The molecule has 0 bridgehead atoms. The summed E-state index contributed by atoms with van der Waals surface area (Å²) in [6, 6.07) is 0.227. The van der Waals surface area contributed by atoms with Crippen molar-refractivity contribution in [1.82, 2.24) is 15.1 Å². The van der Waals surface area contributed by atoms with E-state index in [2.05, 4.69) is 79.7 Å². The number of nitrogens with zero attached hydrogens (tertiary/aromatic N) is 2. The van der Waals surface area contributed by atoms with Crippen LogP contribution in [0.3, 0.4) is 0 Å². The number of rotatable bonds is 90. The highest BCUT2D eigenvalue weighted by Crippen LogP contribution is 2.41. The standard InChI is InChI=1S/C101H197N3O9/c1-13-21-50-65-89(66-51-22-14-2)78-82-112-98(106)76-60-46-38-32-36-44-58-73-95(102-97(105)88-104(11)12)74-59-45-37-33-39-47-61-77-99(107)113-83-79-91(69-54-25-17-5)84-93(64-20-8)96(75-27-19-7)94(72-55-26-18-6)86-101(109)111-81-63-49-41-31-29-35-43-57-71-92(87-103(9)10)70-56-42-34-28-30-40-48-62-80-110-100(108)85-90(67-52-23-15-3)68-53-24-16-4/h89-96H,13-88H2,1-12H3,(H,102,105). The van der Waals surface area contributed by atoms with Crippen LogP contribution >= 0.6 is 0 Å². The van der Waals surface area contributed by atoms with Crippen molar-refractivity contribution in [1.29, 1.82) is 0 Å². The normalized spacial score (nSPS) is 13.5. The number of hydrogen-bond donors (Lipinski definition) is 1. The van der Waals surface area contributed by atoms with Gasteiger partial charge in [0, 0.05) is 38.3 Å². The van der Waals surface area contributed by atoms with Crippen LogP contribution in [0.4, 0.5) is 0 Å². The second-order valence-electron chi connectivity index (χ2n) is 36.7. The minimum atomic E-state index is -0.0387. The van der Waals surface area contributed by atoms with E-state index in [0.29, 0.717) is 94.2 Å². The molecule has 0 aromatic rings. The molecule has 0 aliphatic carbocycles. The average molecular weight is 1600 g/mol. The van der Waals surface area contributed by atoms with Crippen LogP contribution < -0.4 is 5.32 Å². The van der Waals surface area contributed by atoms with E-state index in [1.807, 2.05) is 19.0 Å². The van der Waals surface area contributed by atoms with Crippen molar-refractivity contribution in [2.75, 3.05) is 67.7 Å². The number of esters is 4. The zero-order valence-corrected chi connectivity index (χ0v) is 77.9. The van der Waals surface area contributed by atoms with E-state index in [1.165, 1.54) is 321 Å². The highest BCUT2D eigenvalue weighted by Gasteiger charge is 2.32. The first-order valence-corrected chi connectivity index (χ1v) is 50.3. The lowest BCUT2D eigenvalue weighted by Crippen LogP contribution is -2.40. The van der Waals surface area contributed by atoms with Gasteiger partial charge < -0.3 is 34.1 Å². The van der Waals surface area contributed by atoms with Gasteiger partial charge in [0.1, 0.15) is 0 Å². The van der Waals surface area contributed by atoms with Crippen LogP contribution in [0.1, 0.15) is 505 Å². The third-order valence-corrected chi connectivity index (χ3v) is 25.0. The van der Waals surface area contributed by atoms with Gasteiger partial charge >= 0.3 is 23.9 Å². The Morgan fingerprint density at radius 3 is 0.982 bits per heavy atom. The Balaban J connectivity index is 4.86. The number of unbranched alkanes of at least 4 members (excludes halogenated alkanes) is 39. The summed E-state index contributed by atoms with van der Waals surface area (Å²) in [7, 11) is 8.39. The Morgan fingerprint density at radius 2 is 0.584 bits per heavy atom. The molecule has 0 rings (SSSR count). The monoisotopic (exact) mass is 1600 g/mol. The zero-order valence-electron chi connectivity index (χ0n) is 77.9. The minimum Gasteiger partial charge on any atom is -0.466 e. The van der Waals surface area contributed by atoms with Gasteiger partial charge in [-0.15, -0.1) is 0 Å². The predicted molar refractivity (Wildman–Crippen MR) is 486 cm³/mol. The molecule has 0 radical (unpaired) electrons. The van der Waals surface area contributed by atoms with E-state index >= 15 is 0 Å². The number of nitrogens with one attached hydrogen (secondary N) is 1. The van der Waals surface area contributed by atoms with Crippen molar-refractivity contribution in [2.45, 2.75) is 511 Å². The number of carbonyl (C=O) groups is 5. The molecule has 0 saturated carbocycles. The van der Waals surface area contributed by atoms with Crippen molar-refractivity contribution >= 4 is 29.8 Å². The first-order valence-electron chi connectivity index (χ1n) is 50.3. The first kappa shape index (κ1) is 110. The van der Waals surface area contributed by atoms with Gasteiger partial charge in [-0.05, 0) is 166 Å². The lowest BCUT2D eigenvalue weighted by atomic mass is 9.69. The number of carbonyl (C=O) groups excluding carboxylic acids is 5. The van der Waals surface area contributed by atoms with Gasteiger partial charge in [0.25, 0.3) is 0 Å². The molecule has 12 heteroatoms. The van der Waals surface area contributed by atoms with Crippen molar-refractivity contribution in [3.05, 3.63) is 0 Å². The maximum absolute atomic E-state index is 13.9. The maximum atomic E-state index is 13.9. The molecule has 12 nitrogen and oxygen atoms in total. The van der Waals surface area contributed by atoms with Crippen LogP contribution in [0.5, 0.6) is 0 Å². The summed E-state index contributed by atoms with van der Waals surface area (Å²) in [5.74, 6) is 4.07. The third-order valence-electron chi connectivity index (χ3n) is 25.0. The molecule has 670 valence electrons. The zero-order chi connectivity index (χ0) is 82.9. The number of amides is 1. The predicted octanol–water partition coefficient (Wildman–Crippen LogP) is 29.5. The average Bonchev–Trinajstić information content (AvgIpc) is 0.853. The molecule has 0 spiro atoms. The molecule has 0 aliphatic heterocycles. The fraction of sp³-hybridized carbons (Fsp3) is 0.950. The number of likely N-dealkylation sites (N-methyl/N-ethyl adjacent to an activating group) is 1. The van der Waals surface area contributed by atoms with E-state index in [-0.39, 0.29) is 35.8 Å². The van der Waals surface area contributed by atoms with E-state index in [4.69, 9.17) is 18.9 Å².